The Morgan fingerprint density at radius 1 is 1.50 bits per heavy atom. The Balaban J connectivity index is 1.88. The van der Waals surface area contributed by atoms with Gasteiger partial charge in [-0.05, 0) is 24.3 Å². The van der Waals surface area contributed by atoms with Crippen molar-refractivity contribution in [2.75, 3.05) is 0 Å². The van der Waals surface area contributed by atoms with E-state index >= 15 is 0 Å². The highest BCUT2D eigenvalue weighted by Gasteiger charge is 2.26. The molecule has 3 unspecified atom stereocenters. The molecule has 3 N–H and O–H groups in total. The Kier molecular flexibility index (Phi) is 4.40. The van der Waals surface area contributed by atoms with Crippen LogP contribution in [0.15, 0.2) is 11.4 Å². The third-order valence-corrected chi connectivity index (χ3v) is 5.12. The van der Waals surface area contributed by atoms with E-state index in [-0.39, 0.29) is 5.91 Å². The Bertz CT molecular complexity index is 416. The van der Waals surface area contributed by atoms with Crippen molar-refractivity contribution < 1.29 is 4.79 Å². The molecule has 0 aliphatic heterocycles. The third-order valence-electron chi connectivity index (χ3n) is 4.18. The quantitative estimate of drug-likeness (QED) is 0.880. The van der Waals surface area contributed by atoms with Gasteiger partial charge in [0, 0.05) is 22.8 Å². The third kappa shape index (κ3) is 3.12. The van der Waals surface area contributed by atoms with E-state index in [4.69, 9.17) is 5.73 Å². The molecule has 1 aromatic heterocycles. The molecule has 0 saturated heterocycles. The molecule has 1 aliphatic carbocycles. The fourth-order valence-corrected chi connectivity index (χ4v) is 3.53. The molecule has 1 fully saturated rings. The van der Waals surface area contributed by atoms with Crippen molar-refractivity contribution in [3.8, 4) is 0 Å². The lowest BCUT2D eigenvalue weighted by molar-refractivity contribution is 0.100. The molecule has 1 aliphatic rings. The van der Waals surface area contributed by atoms with Gasteiger partial charge in [-0.1, -0.05) is 26.7 Å². The second-order valence-electron chi connectivity index (χ2n) is 5.42. The molecular formula is C14H22N2OS. The molecule has 0 aromatic carbocycles. The maximum absolute atomic E-state index is 11.0. The second-order valence-corrected chi connectivity index (χ2v) is 6.42. The van der Waals surface area contributed by atoms with Crippen molar-refractivity contribution in [2.24, 2.45) is 17.6 Å². The van der Waals surface area contributed by atoms with Gasteiger partial charge in [0.25, 0.3) is 0 Å². The monoisotopic (exact) mass is 266 g/mol. The normalized spacial score (nSPS) is 28.2. The zero-order chi connectivity index (χ0) is 13.1. The van der Waals surface area contributed by atoms with Crippen LogP contribution in [0.4, 0.5) is 0 Å². The molecule has 1 aromatic rings. The van der Waals surface area contributed by atoms with Crippen LogP contribution >= 0.6 is 11.3 Å². The highest BCUT2D eigenvalue weighted by Crippen LogP contribution is 2.29. The fourth-order valence-electron chi connectivity index (χ4n) is 2.70. The summed E-state index contributed by atoms with van der Waals surface area (Å²) in [6.45, 7) is 5.53. The molecule has 0 radical (unpaired) electrons. The summed E-state index contributed by atoms with van der Waals surface area (Å²) in [6, 6.07) is 2.50. The smallest absolute Gasteiger partial charge is 0.249 e. The van der Waals surface area contributed by atoms with Crippen LogP contribution in [0.2, 0.25) is 0 Å². The SMILES string of the molecule is CC1CCCC(NCc2cc(C(N)=O)cs2)C1C. The van der Waals surface area contributed by atoms with Crippen LogP contribution in [0.1, 0.15) is 48.3 Å². The van der Waals surface area contributed by atoms with Crippen molar-refractivity contribution >= 4 is 17.2 Å². The van der Waals surface area contributed by atoms with Gasteiger partial charge < -0.3 is 11.1 Å². The van der Waals surface area contributed by atoms with Gasteiger partial charge in [-0.3, -0.25) is 4.79 Å². The molecular weight excluding hydrogens is 244 g/mol. The van der Waals surface area contributed by atoms with Crippen molar-refractivity contribution in [1.82, 2.24) is 5.32 Å². The van der Waals surface area contributed by atoms with Gasteiger partial charge in [0.15, 0.2) is 0 Å². The minimum absolute atomic E-state index is 0.336. The van der Waals surface area contributed by atoms with Crippen molar-refractivity contribution in [1.29, 1.82) is 0 Å². The first kappa shape index (κ1) is 13.6. The topological polar surface area (TPSA) is 55.1 Å². The van der Waals surface area contributed by atoms with E-state index in [1.54, 1.807) is 11.3 Å². The first-order chi connectivity index (χ1) is 8.58. The molecule has 1 amide bonds. The summed E-state index contributed by atoms with van der Waals surface area (Å²) in [5.74, 6) is 1.20. The summed E-state index contributed by atoms with van der Waals surface area (Å²) < 4.78 is 0. The Morgan fingerprint density at radius 2 is 2.28 bits per heavy atom. The minimum atomic E-state index is -0.336. The Hall–Kier alpha value is -0.870. The predicted octanol–water partition coefficient (Wildman–Crippen LogP) is 2.76. The van der Waals surface area contributed by atoms with E-state index in [1.165, 1.54) is 24.1 Å². The summed E-state index contributed by atoms with van der Waals surface area (Å²) in [5, 5.41) is 5.47. The molecule has 3 atom stereocenters. The lowest BCUT2D eigenvalue weighted by Crippen LogP contribution is -2.40. The number of hydrogen-bond acceptors (Lipinski definition) is 3. The standard InChI is InChI=1S/C14H22N2OS/c1-9-4-3-5-13(10(9)2)16-7-12-6-11(8-18-12)14(15)17/h6,8-10,13,16H,3-5,7H2,1-2H3,(H2,15,17). The number of hydrogen-bond donors (Lipinski definition) is 2. The molecule has 3 nitrogen and oxygen atoms in total. The first-order valence-corrected chi connectivity index (χ1v) is 7.56. The van der Waals surface area contributed by atoms with E-state index in [0.29, 0.717) is 11.6 Å². The molecule has 0 bridgehead atoms. The van der Waals surface area contributed by atoms with E-state index in [9.17, 15) is 4.79 Å². The van der Waals surface area contributed by atoms with Gasteiger partial charge >= 0.3 is 0 Å². The number of carbonyl (C=O) groups excluding carboxylic acids is 1. The molecule has 18 heavy (non-hydrogen) atoms. The average molecular weight is 266 g/mol. The molecule has 100 valence electrons. The molecule has 1 saturated carbocycles. The molecule has 0 spiro atoms. The average Bonchev–Trinajstić information content (AvgIpc) is 2.80. The highest BCUT2D eigenvalue weighted by atomic mass is 32.1. The summed E-state index contributed by atoms with van der Waals surface area (Å²) in [7, 11) is 0. The first-order valence-electron chi connectivity index (χ1n) is 6.68. The van der Waals surface area contributed by atoms with Crippen molar-refractivity contribution in [3.05, 3.63) is 21.9 Å². The predicted molar refractivity (Wildman–Crippen MR) is 75.6 cm³/mol. The maximum atomic E-state index is 11.0. The van der Waals surface area contributed by atoms with E-state index < -0.39 is 0 Å². The number of primary amides is 1. The van der Waals surface area contributed by atoms with Crippen molar-refractivity contribution in [2.45, 2.75) is 45.7 Å². The zero-order valence-corrected chi connectivity index (χ0v) is 11.9. The lowest BCUT2D eigenvalue weighted by Gasteiger charge is -2.34. The lowest BCUT2D eigenvalue weighted by atomic mass is 9.78. The van der Waals surface area contributed by atoms with Crippen LogP contribution in [0, 0.1) is 11.8 Å². The number of nitrogens with one attached hydrogen (secondary N) is 1. The van der Waals surface area contributed by atoms with Gasteiger partial charge in [-0.2, -0.15) is 0 Å². The zero-order valence-electron chi connectivity index (χ0n) is 11.1. The van der Waals surface area contributed by atoms with Gasteiger partial charge in [-0.15, -0.1) is 11.3 Å². The summed E-state index contributed by atoms with van der Waals surface area (Å²) in [4.78, 5) is 12.2. The van der Waals surface area contributed by atoms with E-state index in [1.807, 2.05) is 11.4 Å². The fraction of sp³-hybridized carbons (Fsp3) is 0.643. The number of thiophene rings is 1. The summed E-state index contributed by atoms with van der Waals surface area (Å²) in [6.07, 6.45) is 3.93. The Morgan fingerprint density at radius 3 is 2.94 bits per heavy atom. The highest BCUT2D eigenvalue weighted by molar-refractivity contribution is 7.10. The largest absolute Gasteiger partial charge is 0.366 e. The van der Waals surface area contributed by atoms with E-state index in [2.05, 4.69) is 19.2 Å². The van der Waals surface area contributed by atoms with Crippen LogP contribution in [-0.2, 0) is 6.54 Å². The van der Waals surface area contributed by atoms with Gasteiger partial charge in [0.1, 0.15) is 0 Å². The van der Waals surface area contributed by atoms with Crippen LogP contribution in [0.5, 0.6) is 0 Å². The molecule has 4 heteroatoms. The number of carbonyl (C=O) groups is 1. The second kappa shape index (κ2) is 5.85. The van der Waals surface area contributed by atoms with Gasteiger partial charge in [0.2, 0.25) is 5.91 Å². The minimum Gasteiger partial charge on any atom is -0.366 e. The van der Waals surface area contributed by atoms with E-state index in [0.717, 1.165) is 18.4 Å². The van der Waals surface area contributed by atoms with Crippen molar-refractivity contribution in [3.63, 3.8) is 0 Å². The van der Waals surface area contributed by atoms with Crippen LogP contribution in [0.3, 0.4) is 0 Å². The number of rotatable bonds is 4. The van der Waals surface area contributed by atoms with Crippen LogP contribution < -0.4 is 11.1 Å². The maximum Gasteiger partial charge on any atom is 0.249 e. The number of nitrogens with two attached hydrogens (primary N) is 1. The molecule has 1 heterocycles. The van der Waals surface area contributed by atoms with Crippen LogP contribution in [-0.4, -0.2) is 11.9 Å². The summed E-state index contributed by atoms with van der Waals surface area (Å²) in [5.41, 5.74) is 5.88. The Labute approximate surface area is 113 Å². The van der Waals surface area contributed by atoms with Gasteiger partial charge in [-0.25, -0.2) is 0 Å². The number of amides is 1. The summed E-state index contributed by atoms with van der Waals surface area (Å²) >= 11 is 1.61. The molecule has 2 rings (SSSR count). The van der Waals surface area contributed by atoms with Crippen LogP contribution in [0.25, 0.3) is 0 Å². The van der Waals surface area contributed by atoms with Gasteiger partial charge in [0.05, 0.1) is 5.56 Å².